The molecule has 52 heavy (non-hydrogen) atoms. The van der Waals surface area contributed by atoms with Crippen LogP contribution in [0.3, 0.4) is 0 Å². The van der Waals surface area contributed by atoms with Crippen LogP contribution in [0.25, 0.3) is 66.8 Å². The Morgan fingerprint density at radius 2 is 0.385 bits per heavy atom. The van der Waals surface area contributed by atoms with Crippen molar-refractivity contribution >= 4 is 0 Å². The van der Waals surface area contributed by atoms with E-state index in [1.165, 1.54) is 11.1 Å². The molecule has 0 aliphatic carbocycles. The van der Waals surface area contributed by atoms with Gasteiger partial charge in [-0.15, -0.1) is 0 Å². The molecular formula is C48H42O4. The second kappa shape index (κ2) is 14.9. The fourth-order valence-electron chi connectivity index (χ4n) is 6.95. The van der Waals surface area contributed by atoms with E-state index in [1.54, 1.807) is 28.4 Å². The molecule has 7 aromatic rings. The minimum Gasteiger partial charge on any atom is -0.497 e. The number of methoxy groups -OCH3 is 4. The smallest absolute Gasteiger partial charge is 0.118 e. The molecule has 0 radical (unpaired) electrons. The number of hydrogen-bond donors (Lipinski definition) is 0. The number of rotatable bonds is 10. The summed E-state index contributed by atoms with van der Waals surface area (Å²) in [6.07, 6.45) is 0. The molecule has 0 spiro atoms. The normalized spacial score (nSPS) is 10.9. The predicted molar refractivity (Wildman–Crippen MR) is 215 cm³/mol. The van der Waals surface area contributed by atoms with Gasteiger partial charge < -0.3 is 18.9 Å². The van der Waals surface area contributed by atoms with Gasteiger partial charge >= 0.3 is 0 Å². The van der Waals surface area contributed by atoms with Crippen molar-refractivity contribution < 1.29 is 18.9 Å². The van der Waals surface area contributed by atoms with Gasteiger partial charge in [-0.05, 0) is 129 Å². The molecule has 7 rings (SSSR count). The third kappa shape index (κ3) is 6.63. The summed E-state index contributed by atoms with van der Waals surface area (Å²) in [5.74, 6) is 3.20. The largest absolute Gasteiger partial charge is 0.497 e. The van der Waals surface area contributed by atoms with Crippen LogP contribution in [0.5, 0.6) is 23.0 Å². The molecule has 0 aromatic heterocycles. The van der Waals surface area contributed by atoms with Crippen molar-refractivity contribution in [3.63, 3.8) is 0 Å². The predicted octanol–water partition coefficient (Wildman–Crippen LogP) is 12.3. The van der Waals surface area contributed by atoms with E-state index in [0.29, 0.717) is 0 Å². The lowest BCUT2D eigenvalue weighted by atomic mass is 9.74. The van der Waals surface area contributed by atoms with Gasteiger partial charge in [0.1, 0.15) is 23.0 Å². The highest BCUT2D eigenvalue weighted by atomic mass is 16.5. The zero-order valence-corrected chi connectivity index (χ0v) is 30.5. The molecule has 0 heterocycles. The van der Waals surface area contributed by atoms with E-state index in [0.717, 1.165) is 89.8 Å². The van der Waals surface area contributed by atoms with E-state index in [-0.39, 0.29) is 0 Å². The summed E-state index contributed by atoms with van der Waals surface area (Å²) in [6, 6.07) is 51.4. The molecule has 4 nitrogen and oxygen atoms in total. The third-order valence-corrected chi connectivity index (χ3v) is 9.70. The lowest BCUT2D eigenvalue weighted by Crippen LogP contribution is -2.02. The van der Waals surface area contributed by atoms with Crippen LogP contribution in [-0.2, 0) is 0 Å². The van der Waals surface area contributed by atoms with Crippen LogP contribution >= 0.6 is 0 Å². The third-order valence-electron chi connectivity index (χ3n) is 9.70. The van der Waals surface area contributed by atoms with E-state index in [2.05, 4.69) is 111 Å². The summed E-state index contributed by atoms with van der Waals surface area (Å²) in [5.41, 5.74) is 15.7. The lowest BCUT2D eigenvalue weighted by molar-refractivity contribution is 0.414. The van der Waals surface area contributed by atoms with Gasteiger partial charge in [0.05, 0.1) is 28.4 Å². The van der Waals surface area contributed by atoms with Crippen molar-refractivity contribution in [3.8, 4) is 89.8 Å². The van der Waals surface area contributed by atoms with Gasteiger partial charge in [-0.1, -0.05) is 108 Å². The molecule has 0 amide bonds. The SMILES string of the molecule is COc1ccc(-c2c(-c3ccc(C)cc3)c(-c3ccc(C)cc3)c(-c3ccc(OC)cc3)c(-c3ccc(OC)cc3)c2-c2ccc(OC)cc2)cc1. The number of benzene rings is 7. The molecule has 4 heteroatoms. The average molecular weight is 683 g/mol. The first-order valence-electron chi connectivity index (χ1n) is 17.4. The highest BCUT2D eigenvalue weighted by molar-refractivity contribution is 6.15. The standard InChI is InChI=1S/C48H42O4/c1-31-7-11-33(12-8-31)43-44(34-13-9-32(2)10-14-34)46(36-17-25-40(50-4)26-18-36)48(38-21-29-42(52-6)30-22-38)47(37-19-27-41(51-5)28-20-37)45(43)35-15-23-39(49-3)24-16-35/h7-30H,1-6H3. The van der Waals surface area contributed by atoms with Crippen LogP contribution in [0.4, 0.5) is 0 Å². The van der Waals surface area contributed by atoms with Crippen molar-refractivity contribution in [1.82, 2.24) is 0 Å². The monoisotopic (exact) mass is 682 g/mol. The highest BCUT2D eigenvalue weighted by Gasteiger charge is 2.29. The molecule has 0 aliphatic heterocycles. The van der Waals surface area contributed by atoms with E-state index in [4.69, 9.17) is 18.9 Å². The molecule has 0 saturated heterocycles. The summed E-state index contributed by atoms with van der Waals surface area (Å²) in [6.45, 7) is 4.26. The van der Waals surface area contributed by atoms with Gasteiger partial charge in [0.25, 0.3) is 0 Å². The molecule has 7 aromatic carbocycles. The molecule has 0 fully saturated rings. The van der Waals surface area contributed by atoms with Gasteiger partial charge in [0.15, 0.2) is 0 Å². The average Bonchev–Trinajstić information content (AvgIpc) is 3.20. The molecule has 0 unspecified atom stereocenters. The van der Waals surface area contributed by atoms with Crippen molar-refractivity contribution in [2.75, 3.05) is 28.4 Å². The Labute approximate surface area is 306 Å². The van der Waals surface area contributed by atoms with E-state index in [1.807, 2.05) is 48.5 Å². The van der Waals surface area contributed by atoms with E-state index in [9.17, 15) is 0 Å². The van der Waals surface area contributed by atoms with Crippen LogP contribution in [-0.4, -0.2) is 28.4 Å². The molecule has 0 saturated carbocycles. The lowest BCUT2D eigenvalue weighted by Gasteiger charge is -2.29. The number of hydrogen-bond acceptors (Lipinski definition) is 4. The Kier molecular flexibility index (Phi) is 9.81. The Morgan fingerprint density at radius 1 is 0.231 bits per heavy atom. The van der Waals surface area contributed by atoms with Gasteiger partial charge in [0, 0.05) is 0 Å². The fraction of sp³-hybridized carbons (Fsp3) is 0.125. The number of ether oxygens (including phenoxy) is 4. The zero-order chi connectivity index (χ0) is 36.2. The van der Waals surface area contributed by atoms with Crippen LogP contribution < -0.4 is 18.9 Å². The Balaban J connectivity index is 1.78. The van der Waals surface area contributed by atoms with E-state index >= 15 is 0 Å². The van der Waals surface area contributed by atoms with Gasteiger partial charge in [-0.3, -0.25) is 0 Å². The summed E-state index contributed by atoms with van der Waals surface area (Å²) in [4.78, 5) is 0. The summed E-state index contributed by atoms with van der Waals surface area (Å²) in [7, 11) is 6.81. The molecule has 0 bridgehead atoms. The van der Waals surface area contributed by atoms with Gasteiger partial charge in [-0.25, -0.2) is 0 Å². The Morgan fingerprint density at radius 3 is 0.538 bits per heavy atom. The second-order valence-electron chi connectivity index (χ2n) is 12.9. The van der Waals surface area contributed by atoms with Gasteiger partial charge in [-0.2, -0.15) is 0 Å². The summed E-state index contributed by atoms with van der Waals surface area (Å²) in [5, 5.41) is 0. The maximum absolute atomic E-state index is 5.65. The first-order chi connectivity index (χ1) is 25.4. The van der Waals surface area contributed by atoms with E-state index < -0.39 is 0 Å². The van der Waals surface area contributed by atoms with Gasteiger partial charge in [0.2, 0.25) is 0 Å². The summed E-state index contributed by atoms with van der Waals surface area (Å²) < 4.78 is 22.6. The number of aryl methyl sites for hydroxylation is 2. The minimum absolute atomic E-state index is 0.797. The quantitative estimate of drug-likeness (QED) is 0.144. The minimum atomic E-state index is 0.797. The molecule has 0 aliphatic rings. The van der Waals surface area contributed by atoms with Crippen molar-refractivity contribution in [1.29, 1.82) is 0 Å². The van der Waals surface area contributed by atoms with Crippen molar-refractivity contribution in [3.05, 3.63) is 157 Å². The highest BCUT2D eigenvalue weighted by Crippen LogP contribution is 2.56. The van der Waals surface area contributed by atoms with Crippen LogP contribution in [0.15, 0.2) is 146 Å². The fourth-order valence-corrected chi connectivity index (χ4v) is 6.95. The van der Waals surface area contributed by atoms with Crippen LogP contribution in [0, 0.1) is 13.8 Å². The zero-order valence-electron chi connectivity index (χ0n) is 30.5. The molecular weight excluding hydrogens is 641 g/mol. The van der Waals surface area contributed by atoms with Crippen molar-refractivity contribution in [2.45, 2.75) is 13.8 Å². The first-order valence-corrected chi connectivity index (χ1v) is 17.4. The first kappa shape index (κ1) is 34.2. The second-order valence-corrected chi connectivity index (χ2v) is 12.9. The molecule has 0 atom stereocenters. The van der Waals surface area contributed by atoms with Crippen LogP contribution in [0.1, 0.15) is 11.1 Å². The summed E-state index contributed by atoms with van der Waals surface area (Å²) >= 11 is 0. The molecule has 258 valence electrons. The Bertz CT molecular complexity index is 2120. The topological polar surface area (TPSA) is 36.9 Å². The maximum Gasteiger partial charge on any atom is 0.118 e. The maximum atomic E-state index is 5.65. The van der Waals surface area contributed by atoms with Crippen LogP contribution in [0.2, 0.25) is 0 Å². The Hall–Kier alpha value is -6.26. The van der Waals surface area contributed by atoms with Crippen molar-refractivity contribution in [2.24, 2.45) is 0 Å². The molecule has 0 N–H and O–H groups in total.